The molecule has 0 aliphatic heterocycles. The van der Waals surface area contributed by atoms with Gasteiger partial charge >= 0.3 is 0 Å². The Balaban J connectivity index is 1.85. The molecule has 0 bridgehead atoms. The summed E-state index contributed by atoms with van der Waals surface area (Å²) in [4.78, 5) is 5.51. The van der Waals surface area contributed by atoms with Crippen molar-refractivity contribution in [2.24, 2.45) is 10.2 Å². The van der Waals surface area contributed by atoms with Gasteiger partial charge in [-0.15, -0.1) is 0 Å². The van der Waals surface area contributed by atoms with Crippen LogP contribution in [0.4, 0.5) is 11.4 Å². The topological polar surface area (TPSA) is 97.5 Å². The van der Waals surface area contributed by atoms with Gasteiger partial charge in [0.1, 0.15) is 0 Å². The van der Waals surface area contributed by atoms with Crippen LogP contribution in [0.2, 0.25) is 0 Å². The van der Waals surface area contributed by atoms with E-state index >= 15 is 0 Å². The molecule has 6 heteroatoms. The molecule has 0 saturated heterocycles. The van der Waals surface area contributed by atoms with Gasteiger partial charge in [0.2, 0.25) is 0 Å². The summed E-state index contributed by atoms with van der Waals surface area (Å²) in [6, 6.07) is 15.2. The first-order valence-corrected chi connectivity index (χ1v) is 6.60. The minimum absolute atomic E-state index is 0.634. The number of hydrogen-bond acceptors (Lipinski definition) is 2. The maximum Gasteiger partial charge on any atom is 0.0375 e. The van der Waals surface area contributed by atoms with Crippen LogP contribution in [0.15, 0.2) is 58.8 Å². The van der Waals surface area contributed by atoms with E-state index in [2.05, 4.69) is 20.1 Å². The molecule has 0 heterocycles. The predicted molar refractivity (Wildman–Crippen MR) is 82.5 cm³/mol. The van der Waals surface area contributed by atoms with E-state index in [1.807, 2.05) is 48.5 Å². The lowest BCUT2D eigenvalue weighted by molar-refractivity contribution is 0.821. The lowest BCUT2D eigenvalue weighted by Crippen LogP contribution is -1.89. The number of aryl methyl sites for hydroxylation is 2. The second-order valence-electron chi connectivity index (χ2n) is 4.57. The minimum atomic E-state index is 0.634. The number of hydrogen-bond donors (Lipinski definition) is 0. The van der Waals surface area contributed by atoms with Crippen molar-refractivity contribution >= 4 is 11.4 Å². The van der Waals surface area contributed by atoms with E-state index in [-0.39, 0.29) is 0 Å². The molecule has 0 atom stereocenters. The van der Waals surface area contributed by atoms with Crippen molar-refractivity contribution in [2.75, 3.05) is 0 Å². The van der Waals surface area contributed by atoms with E-state index in [4.69, 9.17) is 11.1 Å². The average Bonchev–Trinajstić information content (AvgIpc) is 2.51. The van der Waals surface area contributed by atoms with Gasteiger partial charge < -0.3 is 0 Å². The number of rotatable bonds is 6. The van der Waals surface area contributed by atoms with Gasteiger partial charge in [0.15, 0.2) is 0 Å². The molecular formula is C15H14N6. The Morgan fingerprint density at radius 1 is 0.667 bits per heavy atom. The molecule has 2 rings (SSSR count). The molecule has 2 aromatic carbocycles. The molecule has 0 aliphatic rings. The molecule has 0 saturated carbocycles. The molecule has 0 unspecified atom stereocenters. The molecular weight excluding hydrogens is 264 g/mol. The molecule has 21 heavy (non-hydrogen) atoms. The maximum atomic E-state index is 8.34. The van der Waals surface area contributed by atoms with Crippen molar-refractivity contribution < 1.29 is 0 Å². The van der Waals surface area contributed by atoms with Crippen LogP contribution in [0, 0.1) is 0 Å². The van der Waals surface area contributed by atoms with Crippen molar-refractivity contribution in [3.8, 4) is 0 Å². The van der Waals surface area contributed by atoms with Gasteiger partial charge in [-0.05, 0) is 41.5 Å². The van der Waals surface area contributed by atoms with Crippen LogP contribution in [0.3, 0.4) is 0 Å². The second kappa shape index (κ2) is 7.60. The molecule has 0 aliphatic carbocycles. The van der Waals surface area contributed by atoms with Crippen molar-refractivity contribution in [2.45, 2.75) is 19.3 Å². The molecule has 0 fully saturated rings. The van der Waals surface area contributed by atoms with Crippen LogP contribution >= 0.6 is 0 Å². The average molecular weight is 278 g/mol. The normalized spacial score (nSPS) is 9.52. The highest BCUT2D eigenvalue weighted by molar-refractivity contribution is 5.39. The van der Waals surface area contributed by atoms with Crippen molar-refractivity contribution in [3.05, 3.63) is 80.5 Å². The number of benzene rings is 2. The zero-order valence-corrected chi connectivity index (χ0v) is 11.4. The summed E-state index contributed by atoms with van der Waals surface area (Å²) in [6.45, 7) is 0. The molecule has 0 radical (unpaired) electrons. The van der Waals surface area contributed by atoms with Crippen LogP contribution < -0.4 is 0 Å². The number of nitrogens with zero attached hydrogens (tertiary/aromatic N) is 6. The predicted octanol–water partition coefficient (Wildman–Crippen LogP) is 5.75. The summed E-state index contributed by atoms with van der Waals surface area (Å²) in [7, 11) is 0. The lowest BCUT2D eigenvalue weighted by atomic mass is 10.0. The summed E-state index contributed by atoms with van der Waals surface area (Å²) in [6.07, 6.45) is 2.96. The molecule has 0 amide bonds. The maximum absolute atomic E-state index is 8.34. The molecule has 0 N–H and O–H groups in total. The van der Waals surface area contributed by atoms with E-state index in [0.717, 1.165) is 19.3 Å². The Morgan fingerprint density at radius 2 is 1.05 bits per heavy atom. The SMILES string of the molecule is [N-]=[N+]=Nc1ccc(CCCc2ccc(N=[N+]=[N-])cc2)cc1. The van der Waals surface area contributed by atoms with Crippen LogP contribution in [-0.2, 0) is 12.8 Å². The molecule has 0 spiro atoms. The summed E-state index contributed by atoms with van der Waals surface area (Å²) in [5.41, 5.74) is 20.4. The van der Waals surface area contributed by atoms with E-state index in [0.29, 0.717) is 11.4 Å². The minimum Gasteiger partial charge on any atom is -0.0608 e. The Bertz CT molecular complexity index is 616. The third-order valence-corrected chi connectivity index (χ3v) is 3.12. The Kier molecular flexibility index (Phi) is 5.24. The fourth-order valence-corrected chi connectivity index (χ4v) is 2.06. The zero-order valence-electron chi connectivity index (χ0n) is 11.4. The van der Waals surface area contributed by atoms with Gasteiger partial charge in [0.05, 0.1) is 0 Å². The molecule has 2 aromatic rings. The van der Waals surface area contributed by atoms with E-state index in [1.54, 1.807) is 0 Å². The standard InChI is InChI=1S/C15H14N6/c16-20-18-14-8-4-12(5-9-14)2-1-3-13-6-10-15(11-7-13)19-21-17/h4-11H,1-3H2. The van der Waals surface area contributed by atoms with Crippen LogP contribution in [0.1, 0.15) is 17.5 Å². The van der Waals surface area contributed by atoms with E-state index in [9.17, 15) is 0 Å². The molecule has 104 valence electrons. The van der Waals surface area contributed by atoms with E-state index < -0.39 is 0 Å². The van der Waals surface area contributed by atoms with Crippen molar-refractivity contribution in [1.29, 1.82) is 0 Å². The summed E-state index contributed by atoms with van der Waals surface area (Å²) >= 11 is 0. The van der Waals surface area contributed by atoms with Crippen LogP contribution in [0.5, 0.6) is 0 Å². The van der Waals surface area contributed by atoms with Gasteiger partial charge in [0.25, 0.3) is 0 Å². The van der Waals surface area contributed by atoms with E-state index in [1.165, 1.54) is 11.1 Å². The van der Waals surface area contributed by atoms with Gasteiger partial charge in [-0.1, -0.05) is 58.8 Å². The first-order valence-electron chi connectivity index (χ1n) is 6.60. The highest BCUT2D eigenvalue weighted by Gasteiger charge is 1.97. The molecule has 0 aromatic heterocycles. The Labute approximate surface area is 122 Å². The van der Waals surface area contributed by atoms with Gasteiger partial charge in [-0.2, -0.15) is 0 Å². The largest absolute Gasteiger partial charge is 0.0608 e. The number of azide groups is 2. The van der Waals surface area contributed by atoms with Crippen molar-refractivity contribution in [3.63, 3.8) is 0 Å². The zero-order chi connectivity index (χ0) is 14.9. The fraction of sp³-hybridized carbons (Fsp3) is 0.200. The smallest absolute Gasteiger partial charge is 0.0375 e. The Morgan fingerprint density at radius 3 is 1.38 bits per heavy atom. The van der Waals surface area contributed by atoms with Gasteiger partial charge in [0, 0.05) is 21.2 Å². The highest BCUT2D eigenvalue weighted by Crippen LogP contribution is 2.17. The van der Waals surface area contributed by atoms with Crippen molar-refractivity contribution in [1.82, 2.24) is 0 Å². The highest BCUT2D eigenvalue weighted by atomic mass is 15.1. The monoisotopic (exact) mass is 278 g/mol. The Hall–Kier alpha value is -2.94. The summed E-state index contributed by atoms with van der Waals surface area (Å²) in [5, 5.41) is 7.09. The van der Waals surface area contributed by atoms with Gasteiger partial charge in [-0.3, -0.25) is 0 Å². The quantitative estimate of drug-likeness (QED) is 0.365. The lowest BCUT2D eigenvalue weighted by Gasteiger charge is -2.03. The summed E-state index contributed by atoms with van der Waals surface area (Å²) in [5.74, 6) is 0. The van der Waals surface area contributed by atoms with Crippen LogP contribution in [0.25, 0.3) is 20.9 Å². The molecule has 6 nitrogen and oxygen atoms in total. The van der Waals surface area contributed by atoms with Crippen LogP contribution in [-0.4, -0.2) is 0 Å². The second-order valence-corrected chi connectivity index (χ2v) is 4.57. The fourth-order valence-electron chi connectivity index (χ4n) is 2.06. The first-order chi connectivity index (χ1) is 10.3. The summed E-state index contributed by atoms with van der Waals surface area (Å²) < 4.78 is 0. The first kappa shape index (κ1) is 14.5. The van der Waals surface area contributed by atoms with Gasteiger partial charge in [-0.25, -0.2) is 0 Å². The third-order valence-electron chi connectivity index (χ3n) is 3.12. The third kappa shape index (κ3) is 4.58.